The lowest BCUT2D eigenvalue weighted by Crippen LogP contribution is -2.01. The molecule has 19 heavy (non-hydrogen) atoms. The van der Waals surface area contributed by atoms with E-state index in [1.807, 2.05) is 38.1 Å². The largest absolute Gasteiger partial charge is 0.492 e. The molecular formula is C15H16N2OS. The predicted octanol–water partition coefficient (Wildman–Crippen LogP) is 3.94. The molecule has 0 atom stereocenters. The summed E-state index contributed by atoms with van der Waals surface area (Å²) in [5.41, 5.74) is 2.16. The molecule has 0 unspecified atom stereocenters. The van der Waals surface area contributed by atoms with Crippen LogP contribution in [0.3, 0.4) is 0 Å². The maximum absolute atomic E-state index is 8.80. The van der Waals surface area contributed by atoms with Crippen molar-refractivity contribution in [2.75, 3.05) is 11.9 Å². The van der Waals surface area contributed by atoms with E-state index in [-0.39, 0.29) is 0 Å². The average molecular weight is 272 g/mol. The quantitative estimate of drug-likeness (QED) is 0.896. The number of hydrogen-bond acceptors (Lipinski definition) is 4. The van der Waals surface area contributed by atoms with Gasteiger partial charge in [0, 0.05) is 11.4 Å². The molecule has 2 aromatic rings. The minimum atomic E-state index is 0.649. The van der Waals surface area contributed by atoms with Crippen LogP contribution in [0.4, 0.5) is 5.69 Å². The highest BCUT2D eigenvalue weighted by atomic mass is 32.1. The SMILES string of the molecule is CCOc1cc(C)ccc1NCc1ccc(C#N)s1. The number of benzene rings is 1. The standard InChI is InChI=1S/C15H16N2OS/c1-3-18-15-8-11(2)4-7-14(15)17-10-13-6-5-12(9-16)19-13/h4-8,17H,3,10H2,1-2H3. The summed E-state index contributed by atoms with van der Waals surface area (Å²) in [4.78, 5) is 1.88. The fourth-order valence-electron chi connectivity index (χ4n) is 1.77. The maximum atomic E-state index is 8.80. The summed E-state index contributed by atoms with van der Waals surface area (Å²) >= 11 is 1.51. The Morgan fingerprint density at radius 2 is 2.16 bits per heavy atom. The predicted molar refractivity (Wildman–Crippen MR) is 78.7 cm³/mol. The summed E-state index contributed by atoms with van der Waals surface area (Å²) in [5, 5.41) is 12.2. The molecule has 0 saturated carbocycles. The third-order valence-electron chi connectivity index (χ3n) is 2.66. The maximum Gasteiger partial charge on any atom is 0.142 e. The van der Waals surface area contributed by atoms with Crippen molar-refractivity contribution >= 4 is 17.0 Å². The summed E-state index contributed by atoms with van der Waals surface area (Å²) in [5.74, 6) is 0.875. The fraction of sp³-hybridized carbons (Fsp3) is 0.267. The zero-order valence-corrected chi connectivity index (χ0v) is 11.9. The van der Waals surface area contributed by atoms with E-state index in [0.29, 0.717) is 13.2 Å². The molecule has 0 aliphatic heterocycles. The molecule has 1 aromatic carbocycles. The Morgan fingerprint density at radius 3 is 2.84 bits per heavy atom. The highest BCUT2D eigenvalue weighted by Crippen LogP contribution is 2.27. The molecule has 1 heterocycles. The van der Waals surface area contributed by atoms with Crippen molar-refractivity contribution in [2.24, 2.45) is 0 Å². The van der Waals surface area contributed by atoms with Crippen molar-refractivity contribution in [2.45, 2.75) is 20.4 Å². The summed E-state index contributed by atoms with van der Waals surface area (Å²) in [6.07, 6.45) is 0. The molecule has 3 nitrogen and oxygen atoms in total. The van der Waals surface area contributed by atoms with Gasteiger partial charge in [-0.1, -0.05) is 6.07 Å². The Hall–Kier alpha value is -1.99. The van der Waals surface area contributed by atoms with E-state index in [4.69, 9.17) is 10.00 Å². The van der Waals surface area contributed by atoms with E-state index in [1.165, 1.54) is 16.9 Å². The molecule has 0 radical (unpaired) electrons. The molecule has 1 N–H and O–H groups in total. The summed E-state index contributed by atoms with van der Waals surface area (Å²) < 4.78 is 5.62. The first kappa shape index (κ1) is 13.4. The van der Waals surface area contributed by atoms with Gasteiger partial charge in [0.05, 0.1) is 12.3 Å². The van der Waals surface area contributed by atoms with Crippen LogP contribution in [0.1, 0.15) is 22.2 Å². The van der Waals surface area contributed by atoms with Crippen molar-refractivity contribution in [1.82, 2.24) is 0 Å². The van der Waals surface area contributed by atoms with Gasteiger partial charge in [0.25, 0.3) is 0 Å². The summed E-state index contributed by atoms with van der Waals surface area (Å²) in [6.45, 7) is 5.38. The van der Waals surface area contributed by atoms with Crippen LogP contribution in [0.15, 0.2) is 30.3 Å². The number of nitrogens with zero attached hydrogens (tertiary/aromatic N) is 1. The van der Waals surface area contributed by atoms with Crippen LogP contribution < -0.4 is 10.1 Å². The van der Waals surface area contributed by atoms with Crippen LogP contribution in [-0.4, -0.2) is 6.61 Å². The Labute approximate surface area is 117 Å². The molecule has 0 aliphatic rings. The number of nitrogens with one attached hydrogen (secondary N) is 1. The highest BCUT2D eigenvalue weighted by Gasteiger charge is 2.05. The number of hydrogen-bond donors (Lipinski definition) is 1. The topological polar surface area (TPSA) is 45.0 Å². The number of anilines is 1. The van der Waals surface area contributed by atoms with Gasteiger partial charge >= 0.3 is 0 Å². The van der Waals surface area contributed by atoms with Crippen molar-refractivity contribution in [3.05, 3.63) is 45.6 Å². The Morgan fingerprint density at radius 1 is 1.32 bits per heavy atom. The Kier molecular flexibility index (Phi) is 4.43. The number of nitriles is 1. The van der Waals surface area contributed by atoms with Crippen molar-refractivity contribution in [3.63, 3.8) is 0 Å². The van der Waals surface area contributed by atoms with Crippen LogP contribution >= 0.6 is 11.3 Å². The number of rotatable bonds is 5. The van der Waals surface area contributed by atoms with Gasteiger partial charge in [-0.3, -0.25) is 0 Å². The van der Waals surface area contributed by atoms with Crippen LogP contribution in [-0.2, 0) is 6.54 Å². The molecule has 98 valence electrons. The lowest BCUT2D eigenvalue weighted by Gasteiger charge is -2.12. The first-order valence-electron chi connectivity index (χ1n) is 6.19. The number of thiophene rings is 1. The van der Waals surface area contributed by atoms with E-state index in [2.05, 4.69) is 17.5 Å². The third kappa shape index (κ3) is 3.49. The van der Waals surface area contributed by atoms with Gasteiger partial charge < -0.3 is 10.1 Å². The van der Waals surface area contributed by atoms with Crippen LogP contribution in [0, 0.1) is 18.3 Å². The van der Waals surface area contributed by atoms with E-state index >= 15 is 0 Å². The normalized spacial score (nSPS) is 9.95. The van der Waals surface area contributed by atoms with Crippen LogP contribution in [0.2, 0.25) is 0 Å². The van der Waals surface area contributed by atoms with E-state index in [0.717, 1.165) is 21.2 Å². The molecule has 0 saturated heterocycles. The smallest absolute Gasteiger partial charge is 0.142 e. The second-order valence-corrected chi connectivity index (χ2v) is 5.33. The Balaban J connectivity index is 2.08. The molecule has 0 aliphatic carbocycles. The van der Waals surface area contributed by atoms with Crippen molar-refractivity contribution in [3.8, 4) is 11.8 Å². The fourth-order valence-corrected chi connectivity index (χ4v) is 2.51. The molecule has 0 spiro atoms. The van der Waals surface area contributed by atoms with Gasteiger partial charge in [0.2, 0.25) is 0 Å². The van der Waals surface area contributed by atoms with Gasteiger partial charge in [-0.15, -0.1) is 11.3 Å². The lowest BCUT2D eigenvalue weighted by molar-refractivity contribution is 0.341. The molecule has 1 aromatic heterocycles. The average Bonchev–Trinajstić information content (AvgIpc) is 2.86. The molecule has 0 fully saturated rings. The van der Waals surface area contributed by atoms with Gasteiger partial charge in [-0.05, 0) is 43.7 Å². The van der Waals surface area contributed by atoms with Gasteiger partial charge in [-0.2, -0.15) is 5.26 Å². The van der Waals surface area contributed by atoms with Crippen LogP contribution in [0.25, 0.3) is 0 Å². The van der Waals surface area contributed by atoms with E-state index in [1.54, 1.807) is 0 Å². The molecule has 0 bridgehead atoms. The molecule has 0 amide bonds. The van der Waals surface area contributed by atoms with Gasteiger partial charge in [-0.25, -0.2) is 0 Å². The number of aryl methyl sites for hydroxylation is 1. The minimum Gasteiger partial charge on any atom is -0.492 e. The minimum absolute atomic E-state index is 0.649. The summed E-state index contributed by atoms with van der Waals surface area (Å²) in [6, 6.07) is 12.1. The van der Waals surface area contributed by atoms with E-state index in [9.17, 15) is 0 Å². The molecule has 2 rings (SSSR count). The zero-order chi connectivity index (χ0) is 13.7. The second kappa shape index (κ2) is 6.26. The first-order chi connectivity index (χ1) is 9.22. The van der Waals surface area contributed by atoms with Crippen molar-refractivity contribution in [1.29, 1.82) is 5.26 Å². The van der Waals surface area contributed by atoms with Gasteiger partial charge in [0.1, 0.15) is 16.7 Å². The summed E-state index contributed by atoms with van der Waals surface area (Å²) in [7, 11) is 0. The van der Waals surface area contributed by atoms with Gasteiger partial charge in [0.15, 0.2) is 0 Å². The van der Waals surface area contributed by atoms with Crippen molar-refractivity contribution < 1.29 is 4.74 Å². The third-order valence-corrected chi connectivity index (χ3v) is 3.65. The zero-order valence-electron chi connectivity index (χ0n) is 11.1. The highest BCUT2D eigenvalue weighted by molar-refractivity contribution is 7.12. The lowest BCUT2D eigenvalue weighted by atomic mass is 10.2. The number of ether oxygens (including phenoxy) is 1. The second-order valence-electron chi connectivity index (χ2n) is 4.16. The van der Waals surface area contributed by atoms with E-state index < -0.39 is 0 Å². The Bertz CT molecular complexity index is 598. The monoisotopic (exact) mass is 272 g/mol. The first-order valence-corrected chi connectivity index (χ1v) is 7.00. The molecule has 4 heteroatoms. The van der Waals surface area contributed by atoms with Crippen LogP contribution in [0.5, 0.6) is 5.75 Å². The molecular weight excluding hydrogens is 256 g/mol.